The van der Waals surface area contributed by atoms with Crippen molar-refractivity contribution in [2.24, 2.45) is 0 Å². The highest BCUT2D eigenvalue weighted by Crippen LogP contribution is 2.28. The Balaban J connectivity index is 2.18. The van der Waals surface area contributed by atoms with E-state index in [0.717, 1.165) is 5.56 Å². The van der Waals surface area contributed by atoms with E-state index < -0.39 is 0 Å². The summed E-state index contributed by atoms with van der Waals surface area (Å²) in [4.78, 5) is 24.2. The Kier molecular flexibility index (Phi) is 5.08. The number of carbonyl (C=O) groups excluding carboxylic acids is 2. The number of hydrogen-bond acceptors (Lipinski definition) is 4. The number of aliphatic hydroxyl groups is 1. The first-order chi connectivity index (χ1) is 10.1. The van der Waals surface area contributed by atoms with Crippen LogP contribution in [0.4, 0.5) is 5.00 Å². The predicted octanol–water partition coefficient (Wildman–Crippen LogP) is 2.03. The molecule has 1 aromatic heterocycles. The predicted molar refractivity (Wildman–Crippen MR) is 82.9 cm³/mol. The minimum Gasteiger partial charge on any atom is -0.395 e. The van der Waals surface area contributed by atoms with Crippen molar-refractivity contribution in [3.63, 3.8) is 0 Å². The summed E-state index contributed by atoms with van der Waals surface area (Å²) < 4.78 is 0. The molecule has 0 saturated carbocycles. The molecule has 1 heterocycles. The summed E-state index contributed by atoms with van der Waals surface area (Å²) in [6.45, 7) is 1.86. The number of aryl methyl sites for hydroxylation is 1. The monoisotopic (exact) mass is 304 g/mol. The van der Waals surface area contributed by atoms with Gasteiger partial charge in [-0.05, 0) is 30.0 Å². The second-order valence-electron chi connectivity index (χ2n) is 4.42. The van der Waals surface area contributed by atoms with E-state index in [4.69, 9.17) is 5.11 Å². The number of aliphatic hydroxyl groups excluding tert-OH is 1. The van der Waals surface area contributed by atoms with Gasteiger partial charge in [0.2, 0.25) is 0 Å². The van der Waals surface area contributed by atoms with Crippen molar-refractivity contribution in [2.45, 2.75) is 6.92 Å². The van der Waals surface area contributed by atoms with E-state index in [9.17, 15) is 9.59 Å². The molecule has 0 aliphatic heterocycles. The molecule has 3 N–H and O–H groups in total. The first kappa shape index (κ1) is 15.2. The molecule has 6 heteroatoms. The van der Waals surface area contributed by atoms with Crippen LogP contribution in [0, 0.1) is 6.92 Å². The van der Waals surface area contributed by atoms with Crippen LogP contribution < -0.4 is 10.6 Å². The first-order valence-corrected chi connectivity index (χ1v) is 7.35. The SMILES string of the molecule is Cc1csc(NC(=O)c2ccccc2)c1C(=O)NCCO. The topological polar surface area (TPSA) is 78.4 Å². The van der Waals surface area contributed by atoms with E-state index in [1.54, 1.807) is 24.3 Å². The van der Waals surface area contributed by atoms with Gasteiger partial charge in [-0.3, -0.25) is 9.59 Å². The van der Waals surface area contributed by atoms with E-state index in [0.29, 0.717) is 16.1 Å². The summed E-state index contributed by atoms with van der Waals surface area (Å²) in [6.07, 6.45) is 0. The van der Waals surface area contributed by atoms with Gasteiger partial charge in [0, 0.05) is 12.1 Å². The molecule has 110 valence electrons. The molecule has 0 radical (unpaired) electrons. The lowest BCUT2D eigenvalue weighted by atomic mass is 10.1. The van der Waals surface area contributed by atoms with Gasteiger partial charge in [0.15, 0.2) is 0 Å². The zero-order chi connectivity index (χ0) is 15.2. The van der Waals surface area contributed by atoms with Crippen LogP contribution in [0.2, 0.25) is 0 Å². The number of amides is 2. The number of nitrogens with one attached hydrogen (secondary N) is 2. The minimum absolute atomic E-state index is 0.124. The molecule has 0 unspecified atom stereocenters. The van der Waals surface area contributed by atoms with Gasteiger partial charge in [-0.25, -0.2) is 0 Å². The van der Waals surface area contributed by atoms with Crippen LogP contribution in [0.5, 0.6) is 0 Å². The Hall–Kier alpha value is -2.18. The van der Waals surface area contributed by atoms with Gasteiger partial charge in [0.05, 0.1) is 12.2 Å². The molecule has 2 rings (SSSR count). The van der Waals surface area contributed by atoms with Gasteiger partial charge in [0.25, 0.3) is 11.8 Å². The maximum absolute atomic E-state index is 12.1. The van der Waals surface area contributed by atoms with Gasteiger partial charge >= 0.3 is 0 Å². The average molecular weight is 304 g/mol. The summed E-state index contributed by atoms with van der Waals surface area (Å²) in [5, 5.41) is 16.4. The van der Waals surface area contributed by atoms with Crippen molar-refractivity contribution in [3.05, 3.63) is 52.4 Å². The number of anilines is 1. The molecule has 2 aromatic rings. The quantitative estimate of drug-likeness (QED) is 0.791. The van der Waals surface area contributed by atoms with Crippen molar-refractivity contribution in [1.29, 1.82) is 0 Å². The molecule has 5 nitrogen and oxygen atoms in total. The Labute approximate surface area is 126 Å². The summed E-state index contributed by atoms with van der Waals surface area (Å²) in [6, 6.07) is 8.81. The van der Waals surface area contributed by atoms with Gasteiger partial charge in [-0.2, -0.15) is 0 Å². The molecule has 21 heavy (non-hydrogen) atoms. The van der Waals surface area contributed by atoms with Gasteiger partial charge in [0.1, 0.15) is 5.00 Å². The van der Waals surface area contributed by atoms with Crippen LogP contribution in [-0.2, 0) is 0 Å². The minimum atomic E-state index is -0.300. The number of rotatable bonds is 5. The van der Waals surface area contributed by atoms with Crippen molar-refractivity contribution < 1.29 is 14.7 Å². The third-order valence-corrected chi connectivity index (χ3v) is 3.88. The van der Waals surface area contributed by atoms with Crippen molar-refractivity contribution in [2.75, 3.05) is 18.5 Å². The number of benzene rings is 1. The third kappa shape index (κ3) is 3.68. The summed E-state index contributed by atoms with van der Waals surface area (Å²) in [5.41, 5.74) is 1.77. The van der Waals surface area contributed by atoms with Crippen LogP contribution in [0.3, 0.4) is 0 Å². The molecular weight excluding hydrogens is 288 g/mol. The number of thiophene rings is 1. The average Bonchev–Trinajstić information content (AvgIpc) is 2.86. The molecule has 0 bridgehead atoms. The Morgan fingerprint density at radius 1 is 1.19 bits per heavy atom. The lowest BCUT2D eigenvalue weighted by Gasteiger charge is -2.08. The van der Waals surface area contributed by atoms with Crippen LogP contribution >= 0.6 is 11.3 Å². The second-order valence-corrected chi connectivity index (χ2v) is 5.30. The molecule has 0 fully saturated rings. The van der Waals surface area contributed by atoms with E-state index in [-0.39, 0.29) is 25.0 Å². The van der Waals surface area contributed by atoms with Crippen molar-refractivity contribution in [1.82, 2.24) is 5.32 Å². The van der Waals surface area contributed by atoms with Crippen LogP contribution in [-0.4, -0.2) is 30.1 Å². The van der Waals surface area contributed by atoms with E-state index in [1.165, 1.54) is 11.3 Å². The highest BCUT2D eigenvalue weighted by atomic mass is 32.1. The molecule has 0 atom stereocenters. The Bertz CT molecular complexity index is 638. The van der Waals surface area contributed by atoms with Gasteiger partial charge < -0.3 is 15.7 Å². The standard InChI is InChI=1S/C15H16N2O3S/c1-10-9-21-15(12(10)14(20)16-7-8-18)17-13(19)11-5-3-2-4-6-11/h2-6,9,18H,7-8H2,1H3,(H,16,20)(H,17,19). The third-order valence-electron chi connectivity index (χ3n) is 2.86. The summed E-state index contributed by atoms with van der Waals surface area (Å²) in [7, 11) is 0. The van der Waals surface area contributed by atoms with Gasteiger partial charge in [-0.15, -0.1) is 11.3 Å². The molecule has 0 aliphatic rings. The van der Waals surface area contributed by atoms with Crippen LogP contribution in [0.25, 0.3) is 0 Å². The highest BCUT2D eigenvalue weighted by Gasteiger charge is 2.18. The second kappa shape index (κ2) is 7.01. The molecule has 0 aliphatic carbocycles. The zero-order valence-electron chi connectivity index (χ0n) is 11.6. The van der Waals surface area contributed by atoms with Crippen molar-refractivity contribution in [3.8, 4) is 0 Å². The van der Waals surface area contributed by atoms with E-state index in [1.807, 2.05) is 18.4 Å². The van der Waals surface area contributed by atoms with Crippen LogP contribution in [0.1, 0.15) is 26.3 Å². The van der Waals surface area contributed by atoms with Gasteiger partial charge in [-0.1, -0.05) is 18.2 Å². The lowest BCUT2D eigenvalue weighted by Crippen LogP contribution is -2.27. The number of hydrogen-bond donors (Lipinski definition) is 3. The van der Waals surface area contributed by atoms with E-state index in [2.05, 4.69) is 10.6 Å². The summed E-state index contributed by atoms with van der Waals surface area (Å²) >= 11 is 1.31. The normalized spacial score (nSPS) is 10.2. The summed E-state index contributed by atoms with van der Waals surface area (Å²) in [5.74, 6) is -0.556. The maximum atomic E-state index is 12.1. The zero-order valence-corrected chi connectivity index (χ0v) is 12.4. The smallest absolute Gasteiger partial charge is 0.256 e. The van der Waals surface area contributed by atoms with Crippen molar-refractivity contribution >= 4 is 28.2 Å². The molecule has 0 spiro atoms. The molecule has 0 saturated heterocycles. The first-order valence-electron chi connectivity index (χ1n) is 6.47. The maximum Gasteiger partial charge on any atom is 0.256 e. The Morgan fingerprint density at radius 3 is 2.57 bits per heavy atom. The highest BCUT2D eigenvalue weighted by molar-refractivity contribution is 7.15. The molecule has 2 amide bonds. The largest absolute Gasteiger partial charge is 0.395 e. The molecule has 1 aromatic carbocycles. The fourth-order valence-electron chi connectivity index (χ4n) is 1.84. The number of carbonyl (C=O) groups is 2. The fourth-order valence-corrected chi connectivity index (χ4v) is 2.78. The Morgan fingerprint density at radius 2 is 1.90 bits per heavy atom. The van der Waals surface area contributed by atoms with E-state index >= 15 is 0 Å². The lowest BCUT2D eigenvalue weighted by molar-refractivity contribution is 0.0945. The van der Waals surface area contributed by atoms with Crippen LogP contribution in [0.15, 0.2) is 35.7 Å². The fraction of sp³-hybridized carbons (Fsp3) is 0.200. The molecular formula is C15H16N2O3S.